The van der Waals surface area contributed by atoms with E-state index < -0.39 is 11.7 Å². The maximum absolute atomic E-state index is 13.6. The molecule has 0 spiro atoms. The maximum Gasteiger partial charge on any atom is 0.313 e. The summed E-state index contributed by atoms with van der Waals surface area (Å²) in [5, 5.41) is 0.436. The van der Waals surface area contributed by atoms with Gasteiger partial charge in [-0.1, -0.05) is 11.6 Å². The maximum atomic E-state index is 13.6. The predicted molar refractivity (Wildman–Crippen MR) is 58.9 cm³/mol. The van der Waals surface area contributed by atoms with Crippen LogP contribution in [-0.2, 0) is 9.53 Å². The fraction of sp³-hybridized carbons (Fsp3) is 0.417. The van der Waals surface area contributed by atoms with Crippen molar-refractivity contribution in [1.82, 2.24) is 0 Å². The van der Waals surface area contributed by atoms with Gasteiger partial charge in [-0.15, -0.1) is 0 Å². The van der Waals surface area contributed by atoms with Gasteiger partial charge in [0.15, 0.2) is 0 Å². The van der Waals surface area contributed by atoms with Gasteiger partial charge in [0.25, 0.3) is 0 Å². The molecule has 0 saturated heterocycles. The highest BCUT2D eigenvalue weighted by atomic mass is 35.5. The van der Waals surface area contributed by atoms with Crippen LogP contribution in [0.1, 0.15) is 24.3 Å². The van der Waals surface area contributed by atoms with Crippen LogP contribution < -0.4 is 0 Å². The third-order valence-electron chi connectivity index (χ3n) is 2.84. The zero-order valence-corrected chi connectivity index (χ0v) is 9.63. The van der Waals surface area contributed by atoms with Crippen molar-refractivity contribution in [2.75, 3.05) is 7.11 Å². The molecule has 1 aliphatic rings. The fourth-order valence-electron chi connectivity index (χ4n) is 1.88. The topological polar surface area (TPSA) is 26.3 Å². The minimum absolute atomic E-state index is 0.195. The molecule has 1 aromatic rings. The van der Waals surface area contributed by atoms with Gasteiger partial charge in [0.05, 0.1) is 13.0 Å². The van der Waals surface area contributed by atoms with E-state index in [1.54, 1.807) is 0 Å². The molecule has 4 heteroatoms. The number of ether oxygens (including phenoxy) is 1. The number of benzene rings is 1. The number of carbonyl (C=O) groups is 1. The molecule has 1 unspecified atom stereocenters. The van der Waals surface area contributed by atoms with Crippen LogP contribution in [0.2, 0.25) is 5.02 Å². The average molecular weight is 243 g/mol. The first kappa shape index (κ1) is 11.4. The smallest absolute Gasteiger partial charge is 0.313 e. The highest BCUT2D eigenvalue weighted by molar-refractivity contribution is 6.30. The van der Waals surface area contributed by atoms with Crippen LogP contribution in [0, 0.1) is 11.7 Å². The summed E-state index contributed by atoms with van der Waals surface area (Å²) in [6.07, 6.45) is 1.87. The predicted octanol–water partition coefficient (Wildman–Crippen LogP) is 3.15. The van der Waals surface area contributed by atoms with E-state index >= 15 is 0 Å². The van der Waals surface area contributed by atoms with Gasteiger partial charge in [0.2, 0.25) is 0 Å². The second-order valence-corrected chi connectivity index (χ2v) is 4.44. The summed E-state index contributed by atoms with van der Waals surface area (Å²) >= 11 is 5.82. The number of esters is 1. The lowest BCUT2D eigenvalue weighted by Gasteiger charge is -2.15. The van der Waals surface area contributed by atoms with E-state index in [1.807, 2.05) is 0 Å². The monoisotopic (exact) mass is 242 g/mol. The van der Waals surface area contributed by atoms with Crippen LogP contribution in [-0.4, -0.2) is 13.1 Å². The second kappa shape index (κ2) is 4.42. The van der Waals surface area contributed by atoms with Gasteiger partial charge in [-0.05, 0) is 37.0 Å². The van der Waals surface area contributed by atoms with Crippen LogP contribution in [0.4, 0.5) is 4.39 Å². The Morgan fingerprint density at radius 3 is 2.81 bits per heavy atom. The number of carbonyl (C=O) groups excluding carboxylic acids is 1. The highest BCUT2D eigenvalue weighted by Gasteiger charge is 2.39. The number of methoxy groups -OCH3 is 1. The molecule has 0 N–H and O–H groups in total. The first-order valence-electron chi connectivity index (χ1n) is 5.16. The molecule has 2 rings (SSSR count). The van der Waals surface area contributed by atoms with E-state index in [4.69, 9.17) is 16.3 Å². The summed E-state index contributed by atoms with van der Waals surface area (Å²) in [5.41, 5.74) is 0.349. The number of hydrogen-bond donors (Lipinski definition) is 0. The third kappa shape index (κ3) is 2.19. The molecule has 16 heavy (non-hydrogen) atoms. The van der Waals surface area contributed by atoms with Crippen LogP contribution in [0.25, 0.3) is 0 Å². The standard InChI is InChI=1S/C12H12ClFO2/c1-16-12(15)11(7-2-3-7)9-6-8(13)4-5-10(9)14/h4-7,11H,2-3H2,1H3. The van der Waals surface area contributed by atoms with Crippen molar-refractivity contribution in [2.24, 2.45) is 5.92 Å². The van der Waals surface area contributed by atoms with E-state index in [1.165, 1.54) is 25.3 Å². The summed E-state index contributed by atoms with van der Waals surface area (Å²) in [7, 11) is 1.32. The summed E-state index contributed by atoms with van der Waals surface area (Å²) in [6, 6.07) is 4.27. The van der Waals surface area contributed by atoms with E-state index in [0.717, 1.165) is 12.8 Å². The fourth-order valence-corrected chi connectivity index (χ4v) is 2.06. The lowest BCUT2D eigenvalue weighted by atomic mass is 9.94. The van der Waals surface area contributed by atoms with Crippen molar-refractivity contribution in [1.29, 1.82) is 0 Å². The minimum atomic E-state index is -0.510. The van der Waals surface area contributed by atoms with Gasteiger partial charge in [-0.3, -0.25) is 4.79 Å². The molecule has 2 nitrogen and oxygen atoms in total. The molecule has 1 saturated carbocycles. The molecular formula is C12H12ClFO2. The van der Waals surface area contributed by atoms with Gasteiger partial charge in [0, 0.05) is 10.6 Å². The Morgan fingerprint density at radius 1 is 1.56 bits per heavy atom. The lowest BCUT2D eigenvalue weighted by Crippen LogP contribution is -2.17. The van der Waals surface area contributed by atoms with E-state index in [-0.39, 0.29) is 11.9 Å². The van der Waals surface area contributed by atoms with Crippen molar-refractivity contribution in [3.05, 3.63) is 34.6 Å². The Morgan fingerprint density at radius 2 is 2.25 bits per heavy atom. The summed E-state index contributed by atoms with van der Waals surface area (Å²) in [5.74, 6) is -1.10. The number of halogens is 2. The van der Waals surface area contributed by atoms with E-state index in [2.05, 4.69) is 0 Å². The quantitative estimate of drug-likeness (QED) is 0.761. The second-order valence-electron chi connectivity index (χ2n) is 4.00. The zero-order valence-electron chi connectivity index (χ0n) is 8.87. The normalized spacial score (nSPS) is 16.9. The molecule has 0 bridgehead atoms. The SMILES string of the molecule is COC(=O)C(c1cc(Cl)ccc1F)C1CC1. The minimum Gasteiger partial charge on any atom is -0.469 e. The Bertz CT molecular complexity index is 415. The first-order chi connectivity index (χ1) is 7.63. The summed E-state index contributed by atoms with van der Waals surface area (Å²) in [6.45, 7) is 0. The van der Waals surface area contributed by atoms with Gasteiger partial charge in [-0.2, -0.15) is 0 Å². The van der Waals surface area contributed by atoms with Crippen molar-refractivity contribution >= 4 is 17.6 Å². The van der Waals surface area contributed by atoms with Crippen LogP contribution in [0.15, 0.2) is 18.2 Å². The van der Waals surface area contributed by atoms with Crippen LogP contribution in [0.5, 0.6) is 0 Å². The van der Waals surface area contributed by atoms with Gasteiger partial charge in [0.1, 0.15) is 5.82 Å². The highest BCUT2D eigenvalue weighted by Crippen LogP contribution is 2.44. The summed E-state index contributed by atoms with van der Waals surface area (Å²) < 4.78 is 18.4. The molecular weight excluding hydrogens is 231 g/mol. The first-order valence-corrected chi connectivity index (χ1v) is 5.54. The molecule has 1 aromatic carbocycles. The summed E-state index contributed by atoms with van der Waals surface area (Å²) in [4.78, 5) is 11.6. The molecule has 1 fully saturated rings. The van der Waals surface area contributed by atoms with Crippen LogP contribution >= 0.6 is 11.6 Å². The molecule has 0 amide bonds. The number of rotatable bonds is 3. The Labute approximate surface area is 98.4 Å². The third-order valence-corrected chi connectivity index (χ3v) is 3.08. The molecule has 0 aromatic heterocycles. The van der Waals surface area contributed by atoms with Gasteiger partial charge in [-0.25, -0.2) is 4.39 Å². The van der Waals surface area contributed by atoms with Gasteiger partial charge >= 0.3 is 5.97 Å². The number of hydrogen-bond acceptors (Lipinski definition) is 2. The largest absolute Gasteiger partial charge is 0.469 e. The zero-order chi connectivity index (χ0) is 11.7. The Hall–Kier alpha value is -1.09. The average Bonchev–Trinajstić information content (AvgIpc) is 3.07. The molecule has 86 valence electrons. The van der Waals surface area contributed by atoms with Crippen molar-refractivity contribution in [2.45, 2.75) is 18.8 Å². The van der Waals surface area contributed by atoms with E-state index in [0.29, 0.717) is 10.6 Å². The molecule has 1 atom stereocenters. The Kier molecular flexibility index (Phi) is 3.15. The van der Waals surface area contributed by atoms with Crippen molar-refractivity contribution < 1.29 is 13.9 Å². The Balaban J connectivity index is 2.37. The van der Waals surface area contributed by atoms with E-state index in [9.17, 15) is 9.18 Å². The molecule has 0 radical (unpaired) electrons. The molecule has 0 heterocycles. The van der Waals surface area contributed by atoms with Crippen molar-refractivity contribution in [3.63, 3.8) is 0 Å². The van der Waals surface area contributed by atoms with Crippen molar-refractivity contribution in [3.8, 4) is 0 Å². The lowest BCUT2D eigenvalue weighted by molar-refractivity contribution is -0.143. The van der Waals surface area contributed by atoms with Crippen LogP contribution in [0.3, 0.4) is 0 Å². The molecule has 0 aliphatic heterocycles. The molecule has 1 aliphatic carbocycles. The van der Waals surface area contributed by atoms with Gasteiger partial charge < -0.3 is 4.74 Å².